The van der Waals surface area contributed by atoms with Gasteiger partial charge in [-0.1, -0.05) is 36.9 Å². The zero-order valence-electron chi connectivity index (χ0n) is 22.0. The van der Waals surface area contributed by atoms with Crippen molar-refractivity contribution in [3.63, 3.8) is 0 Å². The molecule has 1 saturated heterocycles. The van der Waals surface area contributed by atoms with Crippen LogP contribution in [0.1, 0.15) is 33.3 Å². The molecule has 1 aromatic carbocycles. The molecule has 1 fully saturated rings. The van der Waals surface area contributed by atoms with Gasteiger partial charge < -0.3 is 38.3 Å². The maximum absolute atomic E-state index is 12.8. The highest BCUT2D eigenvalue weighted by molar-refractivity contribution is 5.89. The lowest BCUT2D eigenvalue weighted by Gasteiger charge is -2.43. The number of hydrogen-bond acceptors (Lipinski definition) is 13. The molecule has 0 radical (unpaired) electrons. The highest BCUT2D eigenvalue weighted by Gasteiger charge is 2.54. The van der Waals surface area contributed by atoms with E-state index in [1.807, 2.05) is 30.3 Å². The Hall–Kier alpha value is -3.81. The van der Waals surface area contributed by atoms with Crippen LogP contribution in [-0.4, -0.2) is 85.0 Å². The van der Waals surface area contributed by atoms with Crippen LogP contribution in [0.4, 0.5) is 0 Å². The number of carbonyl (C=O) groups excluding carboxylic acids is 5. The molecular weight excluding hydrogens is 520 g/mol. The number of esters is 5. The summed E-state index contributed by atoms with van der Waals surface area (Å²) in [5, 5.41) is 10.4. The van der Waals surface area contributed by atoms with Crippen molar-refractivity contribution >= 4 is 29.8 Å². The van der Waals surface area contributed by atoms with Crippen LogP contribution in [0, 0.1) is 0 Å². The molecule has 0 amide bonds. The highest BCUT2D eigenvalue weighted by atomic mass is 16.7. The molecule has 0 aliphatic carbocycles. The van der Waals surface area contributed by atoms with Crippen LogP contribution >= 0.6 is 0 Å². The van der Waals surface area contributed by atoms with E-state index in [-0.39, 0.29) is 13.2 Å². The Kier molecular flexibility index (Phi) is 12.0. The Labute approximate surface area is 224 Å². The number of carbonyl (C=O) groups is 5. The van der Waals surface area contributed by atoms with Crippen LogP contribution < -0.4 is 0 Å². The fraction of sp³-hybridized carbons (Fsp3) is 0.500. The van der Waals surface area contributed by atoms with Gasteiger partial charge in [-0.3, -0.25) is 19.2 Å². The quantitative estimate of drug-likeness (QED) is 0.219. The number of aliphatic hydroxyl groups is 1. The molecular formula is C26H32O13. The number of hydrogen-bond donors (Lipinski definition) is 1. The average molecular weight is 553 g/mol. The standard InChI is InChI=1S/C26H32O13/c1-14(20(31)12-33-11-19-9-7-6-8-10-19)25(32)39-26-24(37-18(5)30)23(36-17(4)29)22(35-16(3)28)21(38-26)13-34-15(2)27/h6-10,20-24,26,31H,1,11-13H2,2-5H3/t20-,21+,22+,23-,24+,26-/m0/s1. The summed E-state index contributed by atoms with van der Waals surface area (Å²) in [6.45, 7) is 7.22. The summed E-state index contributed by atoms with van der Waals surface area (Å²) in [6.07, 6.45) is -9.05. The predicted molar refractivity (Wildman–Crippen MR) is 129 cm³/mol. The zero-order chi connectivity index (χ0) is 29.1. The second kappa shape index (κ2) is 15.0. The van der Waals surface area contributed by atoms with E-state index in [0.29, 0.717) is 0 Å². The third kappa shape index (κ3) is 10.1. The van der Waals surface area contributed by atoms with Gasteiger partial charge in [0.1, 0.15) is 18.8 Å². The van der Waals surface area contributed by atoms with Crippen LogP contribution in [0.2, 0.25) is 0 Å². The van der Waals surface area contributed by atoms with Gasteiger partial charge in [0.2, 0.25) is 12.4 Å². The molecule has 39 heavy (non-hydrogen) atoms. The second-order valence-electron chi connectivity index (χ2n) is 8.51. The molecule has 0 spiro atoms. The summed E-state index contributed by atoms with van der Waals surface area (Å²) < 4.78 is 37.2. The molecule has 6 atom stereocenters. The van der Waals surface area contributed by atoms with Crippen LogP contribution in [0.3, 0.4) is 0 Å². The zero-order valence-corrected chi connectivity index (χ0v) is 22.0. The molecule has 0 unspecified atom stereocenters. The molecule has 2 rings (SSSR count). The Morgan fingerprint density at radius 1 is 0.846 bits per heavy atom. The van der Waals surface area contributed by atoms with Crippen molar-refractivity contribution < 1.29 is 62.2 Å². The van der Waals surface area contributed by atoms with Gasteiger partial charge in [0.25, 0.3) is 0 Å². The molecule has 1 aliphatic heterocycles. The van der Waals surface area contributed by atoms with Crippen molar-refractivity contribution in [2.45, 2.75) is 71.1 Å². The van der Waals surface area contributed by atoms with Crippen molar-refractivity contribution in [1.82, 2.24) is 0 Å². The predicted octanol–water partition coefficient (Wildman–Crippen LogP) is 0.747. The molecule has 1 N–H and O–H groups in total. The Balaban J connectivity index is 2.22. The Morgan fingerprint density at radius 2 is 1.41 bits per heavy atom. The third-order valence-corrected chi connectivity index (χ3v) is 5.22. The molecule has 1 aliphatic rings. The van der Waals surface area contributed by atoms with E-state index in [9.17, 15) is 29.1 Å². The fourth-order valence-electron chi connectivity index (χ4n) is 3.56. The van der Waals surface area contributed by atoms with Crippen molar-refractivity contribution in [1.29, 1.82) is 0 Å². The number of aliphatic hydroxyl groups excluding tert-OH is 1. The first-order chi connectivity index (χ1) is 18.4. The van der Waals surface area contributed by atoms with Crippen molar-refractivity contribution in [2.24, 2.45) is 0 Å². The Morgan fingerprint density at radius 3 is 1.97 bits per heavy atom. The van der Waals surface area contributed by atoms with Gasteiger partial charge in [0, 0.05) is 27.7 Å². The van der Waals surface area contributed by atoms with Crippen LogP contribution in [0.25, 0.3) is 0 Å². The van der Waals surface area contributed by atoms with Crippen LogP contribution in [0.15, 0.2) is 42.5 Å². The van der Waals surface area contributed by atoms with E-state index in [1.165, 1.54) is 0 Å². The Bertz CT molecular complexity index is 1040. The van der Waals surface area contributed by atoms with Gasteiger partial charge in [-0.25, -0.2) is 4.79 Å². The van der Waals surface area contributed by atoms with E-state index in [2.05, 4.69) is 6.58 Å². The topological polar surface area (TPSA) is 170 Å². The summed E-state index contributed by atoms with van der Waals surface area (Å²) in [5.41, 5.74) is 0.436. The molecule has 1 aromatic rings. The van der Waals surface area contributed by atoms with Gasteiger partial charge in [-0.05, 0) is 5.56 Å². The largest absolute Gasteiger partial charge is 0.463 e. The SMILES string of the molecule is C=C(C(=O)O[C@@H]1O[C@H](COC(C)=O)[C@@H](OC(C)=O)[C@H](OC(C)=O)[C@H]1OC(C)=O)[C@@H](O)COCc1ccccc1. The van der Waals surface area contributed by atoms with Gasteiger partial charge in [0.15, 0.2) is 12.2 Å². The highest BCUT2D eigenvalue weighted by Crippen LogP contribution is 2.30. The van der Waals surface area contributed by atoms with E-state index >= 15 is 0 Å². The minimum atomic E-state index is -1.74. The molecule has 13 nitrogen and oxygen atoms in total. The molecule has 214 valence electrons. The lowest BCUT2D eigenvalue weighted by atomic mass is 9.98. The molecule has 0 saturated carbocycles. The van der Waals surface area contributed by atoms with E-state index in [4.69, 9.17) is 33.2 Å². The third-order valence-electron chi connectivity index (χ3n) is 5.22. The minimum Gasteiger partial charge on any atom is -0.463 e. The lowest BCUT2D eigenvalue weighted by molar-refractivity contribution is -0.299. The molecule has 0 aromatic heterocycles. The summed E-state index contributed by atoms with van der Waals surface area (Å²) in [7, 11) is 0. The number of benzene rings is 1. The van der Waals surface area contributed by atoms with Crippen molar-refractivity contribution in [2.75, 3.05) is 13.2 Å². The van der Waals surface area contributed by atoms with E-state index in [1.54, 1.807) is 0 Å². The van der Waals surface area contributed by atoms with E-state index in [0.717, 1.165) is 33.3 Å². The monoisotopic (exact) mass is 552 g/mol. The minimum absolute atomic E-state index is 0.167. The molecule has 13 heteroatoms. The summed E-state index contributed by atoms with van der Waals surface area (Å²) in [4.78, 5) is 59.8. The first-order valence-electron chi connectivity index (χ1n) is 11.9. The van der Waals surface area contributed by atoms with Gasteiger partial charge >= 0.3 is 29.8 Å². The first-order valence-corrected chi connectivity index (χ1v) is 11.9. The van der Waals surface area contributed by atoms with Crippen LogP contribution in [0.5, 0.6) is 0 Å². The second-order valence-corrected chi connectivity index (χ2v) is 8.51. The summed E-state index contributed by atoms with van der Waals surface area (Å²) in [5.74, 6) is -4.37. The van der Waals surface area contributed by atoms with Crippen molar-refractivity contribution in [3.8, 4) is 0 Å². The summed E-state index contributed by atoms with van der Waals surface area (Å²) in [6, 6.07) is 9.11. The van der Waals surface area contributed by atoms with Crippen LogP contribution in [-0.2, 0) is 63.7 Å². The molecule has 0 bridgehead atoms. The van der Waals surface area contributed by atoms with Gasteiger partial charge in [-0.2, -0.15) is 0 Å². The fourth-order valence-corrected chi connectivity index (χ4v) is 3.56. The smallest absolute Gasteiger partial charge is 0.338 e. The van der Waals surface area contributed by atoms with Gasteiger partial charge in [-0.15, -0.1) is 0 Å². The van der Waals surface area contributed by atoms with Crippen molar-refractivity contribution in [3.05, 3.63) is 48.0 Å². The first kappa shape index (κ1) is 31.4. The summed E-state index contributed by atoms with van der Waals surface area (Å²) >= 11 is 0. The average Bonchev–Trinajstić information content (AvgIpc) is 2.85. The van der Waals surface area contributed by atoms with Gasteiger partial charge in [0.05, 0.1) is 18.8 Å². The maximum atomic E-state index is 12.8. The normalized spacial score (nSPS) is 23.1. The lowest BCUT2D eigenvalue weighted by Crippen LogP contribution is -2.63. The van der Waals surface area contributed by atoms with E-state index < -0.39 is 78.8 Å². The molecule has 1 heterocycles. The number of ether oxygens (including phenoxy) is 7. The number of rotatable bonds is 12. The maximum Gasteiger partial charge on any atom is 0.338 e.